The van der Waals surface area contributed by atoms with Crippen LogP contribution >= 0.6 is 0 Å². The number of Topliss-reactive ketones (excluding diaryl/α,β-unsaturated/α-hetero) is 1. The van der Waals surface area contributed by atoms with E-state index in [1.807, 2.05) is 0 Å². The lowest BCUT2D eigenvalue weighted by Crippen LogP contribution is -2.33. The van der Waals surface area contributed by atoms with E-state index in [4.69, 9.17) is 14.2 Å². The fourth-order valence-electron chi connectivity index (χ4n) is 3.67. The first kappa shape index (κ1) is 20.3. The lowest BCUT2D eigenvalue weighted by atomic mass is 9.84. The van der Waals surface area contributed by atoms with Gasteiger partial charge in [0.15, 0.2) is 5.78 Å². The maximum Gasteiger partial charge on any atom is 0.317 e. The van der Waals surface area contributed by atoms with E-state index < -0.39 is 11.9 Å². The van der Waals surface area contributed by atoms with Crippen molar-refractivity contribution in [2.24, 2.45) is 11.8 Å². The largest absolute Gasteiger partial charge is 0.496 e. The molecule has 1 saturated carbocycles. The molecular formula is C21H30O5. The second kappa shape index (κ2) is 10.2. The molecule has 26 heavy (non-hydrogen) atoms. The van der Waals surface area contributed by atoms with Crippen LogP contribution < -0.4 is 9.47 Å². The van der Waals surface area contributed by atoms with Gasteiger partial charge < -0.3 is 14.2 Å². The molecule has 1 aliphatic carbocycles. The molecule has 144 valence electrons. The van der Waals surface area contributed by atoms with Gasteiger partial charge >= 0.3 is 5.97 Å². The summed E-state index contributed by atoms with van der Waals surface area (Å²) >= 11 is 0. The summed E-state index contributed by atoms with van der Waals surface area (Å²) in [5.41, 5.74) is 0.333. The Labute approximate surface area is 156 Å². The van der Waals surface area contributed by atoms with Gasteiger partial charge in [0, 0.05) is 0 Å². The summed E-state index contributed by atoms with van der Waals surface area (Å²) in [6.07, 6.45) is 6.72. The van der Waals surface area contributed by atoms with E-state index in [-0.39, 0.29) is 11.7 Å². The van der Waals surface area contributed by atoms with Crippen LogP contribution in [0.1, 0.15) is 62.2 Å². The van der Waals surface area contributed by atoms with Gasteiger partial charge in [-0.2, -0.15) is 0 Å². The third-order valence-corrected chi connectivity index (χ3v) is 5.07. The van der Waals surface area contributed by atoms with Gasteiger partial charge in [-0.05, 0) is 37.3 Å². The van der Waals surface area contributed by atoms with Gasteiger partial charge in [0.2, 0.25) is 0 Å². The molecule has 0 N–H and O–H groups in total. The molecule has 1 atom stereocenters. The maximum atomic E-state index is 13.4. The van der Waals surface area contributed by atoms with Crippen molar-refractivity contribution >= 4 is 11.8 Å². The summed E-state index contributed by atoms with van der Waals surface area (Å²) in [6, 6.07) is 5.20. The van der Waals surface area contributed by atoms with E-state index in [0.29, 0.717) is 23.7 Å². The van der Waals surface area contributed by atoms with Crippen LogP contribution in [0.2, 0.25) is 0 Å². The molecular weight excluding hydrogens is 332 g/mol. The Morgan fingerprint density at radius 1 is 1.08 bits per heavy atom. The van der Waals surface area contributed by atoms with E-state index in [0.717, 1.165) is 44.9 Å². The minimum absolute atomic E-state index is 0.0239. The number of carbonyl (C=O) groups excluding carboxylic acids is 2. The summed E-state index contributed by atoms with van der Waals surface area (Å²) in [5.74, 6) is -0.579. The molecule has 5 heteroatoms. The number of rotatable bonds is 10. The Morgan fingerprint density at radius 3 is 2.23 bits per heavy atom. The van der Waals surface area contributed by atoms with Gasteiger partial charge in [-0.1, -0.05) is 38.7 Å². The average molecular weight is 362 g/mol. The molecule has 0 heterocycles. The minimum atomic E-state index is -0.788. The molecule has 1 aliphatic rings. The topological polar surface area (TPSA) is 61.8 Å². The van der Waals surface area contributed by atoms with Crippen LogP contribution in [0.15, 0.2) is 18.2 Å². The molecule has 0 aromatic heterocycles. The van der Waals surface area contributed by atoms with Crippen molar-refractivity contribution in [1.29, 1.82) is 0 Å². The first-order chi connectivity index (χ1) is 12.6. The lowest BCUT2D eigenvalue weighted by Gasteiger charge is -2.22. The Balaban J connectivity index is 2.27. The monoisotopic (exact) mass is 362 g/mol. The van der Waals surface area contributed by atoms with E-state index in [2.05, 4.69) is 6.92 Å². The zero-order chi connectivity index (χ0) is 18.9. The zero-order valence-electron chi connectivity index (χ0n) is 16.1. The minimum Gasteiger partial charge on any atom is -0.496 e. The van der Waals surface area contributed by atoms with Crippen LogP contribution in [-0.4, -0.2) is 32.6 Å². The quantitative estimate of drug-likeness (QED) is 0.267. The van der Waals surface area contributed by atoms with Crippen molar-refractivity contribution in [3.05, 3.63) is 23.8 Å². The van der Waals surface area contributed by atoms with E-state index >= 15 is 0 Å². The van der Waals surface area contributed by atoms with Gasteiger partial charge in [-0.15, -0.1) is 0 Å². The summed E-state index contributed by atoms with van der Waals surface area (Å²) in [4.78, 5) is 26.1. The van der Waals surface area contributed by atoms with Gasteiger partial charge in [0.05, 0.1) is 20.8 Å². The van der Waals surface area contributed by atoms with Gasteiger partial charge in [-0.3, -0.25) is 9.59 Å². The predicted octanol–water partition coefficient (Wildman–Crippen LogP) is 4.43. The number of hydrogen-bond donors (Lipinski definition) is 0. The molecule has 1 aromatic carbocycles. The number of ketones is 1. The maximum absolute atomic E-state index is 13.4. The van der Waals surface area contributed by atoms with E-state index in [1.54, 1.807) is 18.2 Å². The molecule has 0 radical (unpaired) electrons. The molecule has 5 nitrogen and oxygen atoms in total. The van der Waals surface area contributed by atoms with Crippen LogP contribution in [0, 0.1) is 11.8 Å². The third kappa shape index (κ3) is 4.77. The molecule has 0 spiro atoms. The molecule has 0 bridgehead atoms. The highest BCUT2D eigenvalue weighted by molar-refractivity contribution is 6.12. The van der Waals surface area contributed by atoms with E-state index in [9.17, 15) is 9.59 Å². The van der Waals surface area contributed by atoms with Gasteiger partial charge in [0.25, 0.3) is 0 Å². The van der Waals surface area contributed by atoms with Gasteiger partial charge in [0.1, 0.15) is 23.0 Å². The highest BCUT2D eigenvalue weighted by Gasteiger charge is 2.40. The van der Waals surface area contributed by atoms with Crippen LogP contribution in [0.4, 0.5) is 0 Å². The van der Waals surface area contributed by atoms with Crippen LogP contribution in [-0.2, 0) is 9.53 Å². The van der Waals surface area contributed by atoms with Crippen LogP contribution in [0.5, 0.6) is 11.5 Å². The third-order valence-electron chi connectivity index (χ3n) is 5.07. The first-order valence-electron chi connectivity index (χ1n) is 9.55. The van der Waals surface area contributed by atoms with Crippen molar-refractivity contribution in [1.82, 2.24) is 0 Å². The molecule has 0 saturated heterocycles. The second-order valence-corrected chi connectivity index (χ2v) is 6.80. The molecule has 1 aromatic rings. The fourth-order valence-corrected chi connectivity index (χ4v) is 3.67. The Bertz CT molecular complexity index is 582. The number of hydrogen-bond acceptors (Lipinski definition) is 5. The van der Waals surface area contributed by atoms with Crippen molar-refractivity contribution in [3.63, 3.8) is 0 Å². The summed E-state index contributed by atoms with van der Waals surface area (Å²) in [6.45, 7) is 2.47. The highest BCUT2D eigenvalue weighted by atomic mass is 16.5. The molecule has 2 rings (SSSR count). The Hall–Kier alpha value is -2.04. The normalized spacial score (nSPS) is 15.5. The number of unbranched alkanes of at least 4 members (excludes halogenated alkanes) is 2. The van der Waals surface area contributed by atoms with Crippen molar-refractivity contribution < 1.29 is 23.8 Å². The average Bonchev–Trinajstić information content (AvgIpc) is 3.18. The number of ether oxygens (including phenoxy) is 3. The summed E-state index contributed by atoms with van der Waals surface area (Å²) in [7, 11) is 3.03. The number of benzene rings is 1. The lowest BCUT2D eigenvalue weighted by molar-refractivity contribution is -0.148. The number of methoxy groups -OCH3 is 2. The summed E-state index contributed by atoms with van der Waals surface area (Å²) < 4.78 is 16.2. The molecule has 1 unspecified atom stereocenters. The SMILES string of the molecule is CCCCCOC(=O)C(C(=O)c1c(OC)cccc1OC)C1CCCC1. The molecule has 0 amide bonds. The van der Waals surface area contributed by atoms with Crippen LogP contribution in [0.25, 0.3) is 0 Å². The number of carbonyl (C=O) groups is 2. The second-order valence-electron chi connectivity index (χ2n) is 6.80. The van der Waals surface area contributed by atoms with Gasteiger partial charge in [-0.25, -0.2) is 0 Å². The summed E-state index contributed by atoms with van der Waals surface area (Å²) in [5, 5.41) is 0. The number of esters is 1. The zero-order valence-corrected chi connectivity index (χ0v) is 16.1. The van der Waals surface area contributed by atoms with Crippen LogP contribution in [0.3, 0.4) is 0 Å². The Kier molecular flexibility index (Phi) is 7.95. The van der Waals surface area contributed by atoms with Crippen molar-refractivity contribution in [3.8, 4) is 11.5 Å². The Morgan fingerprint density at radius 2 is 1.69 bits per heavy atom. The fraction of sp³-hybridized carbons (Fsp3) is 0.619. The van der Waals surface area contributed by atoms with Crippen molar-refractivity contribution in [2.45, 2.75) is 51.9 Å². The molecule has 0 aliphatic heterocycles. The highest BCUT2D eigenvalue weighted by Crippen LogP contribution is 2.38. The van der Waals surface area contributed by atoms with E-state index in [1.165, 1.54) is 14.2 Å². The first-order valence-corrected chi connectivity index (χ1v) is 9.55. The smallest absolute Gasteiger partial charge is 0.317 e. The van der Waals surface area contributed by atoms with Crippen molar-refractivity contribution in [2.75, 3.05) is 20.8 Å². The predicted molar refractivity (Wildman–Crippen MR) is 99.8 cm³/mol. The molecule has 1 fully saturated rings. The standard InChI is InChI=1S/C21H30O5/c1-4-5-8-14-26-21(23)18(15-10-6-7-11-15)20(22)19-16(24-2)12-9-13-17(19)25-3/h9,12-13,15,18H,4-8,10-11,14H2,1-3H3.